The van der Waals surface area contributed by atoms with E-state index >= 15 is 0 Å². The quantitative estimate of drug-likeness (QED) is 0.825. The van der Waals surface area contributed by atoms with E-state index in [2.05, 4.69) is 4.98 Å². The molecule has 0 spiro atoms. The van der Waals surface area contributed by atoms with Gasteiger partial charge in [-0.15, -0.1) is 0 Å². The van der Waals surface area contributed by atoms with Gasteiger partial charge in [0.05, 0.1) is 13.2 Å². The summed E-state index contributed by atoms with van der Waals surface area (Å²) in [6.45, 7) is 3.28. The molecule has 0 amide bonds. The second kappa shape index (κ2) is 6.12. The highest BCUT2D eigenvalue weighted by atomic mass is 16.5. The van der Waals surface area contributed by atoms with E-state index in [4.69, 9.17) is 4.74 Å². The van der Waals surface area contributed by atoms with Crippen molar-refractivity contribution in [1.29, 1.82) is 0 Å². The highest BCUT2D eigenvalue weighted by Crippen LogP contribution is 2.27. The third-order valence-electron chi connectivity index (χ3n) is 3.74. The van der Waals surface area contributed by atoms with Crippen LogP contribution in [0.25, 0.3) is 0 Å². The number of aliphatic hydroxyl groups excluding tert-OH is 1. The minimum atomic E-state index is -0.485. The first-order valence-corrected chi connectivity index (χ1v) is 6.53. The monoisotopic (exact) mass is 264 g/mol. The van der Waals surface area contributed by atoms with Gasteiger partial charge in [-0.2, -0.15) is 0 Å². The lowest BCUT2D eigenvalue weighted by Gasteiger charge is -2.38. The molecule has 3 unspecified atom stereocenters. The van der Waals surface area contributed by atoms with Crippen LogP contribution in [0.2, 0.25) is 0 Å². The van der Waals surface area contributed by atoms with Crippen molar-refractivity contribution in [2.45, 2.75) is 25.5 Å². The summed E-state index contributed by atoms with van der Waals surface area (Å²) in [6.07, 6.45) is 3.81. The van der Waals surface area contributed by atoms with Crippen molar-refractivity contribution in [3.8, 4) is 0 Å². The highest BCUT2D eigenvalue weighted by Gasteiger charge is 2.34. The fourth-order valence-electron chi connectivity index (χ4n) is 2.45. The van der Waals surface area contributed by atoms with Gasteiger partial charge in [0.1, 0.15) is 6.04 Å². The molecule has 1 saturated heterocycles. The lowest BCUT2D eigenvalue weighted by atomic mass is 9.93. The predicted octanol–water partition coefficient (Wildman–Crippen LogP) is 0.998. The number of esters is 1. The normalized spacial score (nSPS) is 25.8. The molecule has 0 aliphatic carbocycles. The van der Waals surface area contributed by atoms with Gasteiger partial charge in [0.2, 0.25) is 0 Å². The predicted molar refractivity (Wildman–Crippen MR) is 70.4 cm³/mol. The molecule has 19 heavy (non-hydrogen) atoms. The van der Waals surface area contributed by atoms with E-state index in [0.29, 0.717) is 6.54 Å². The molecule has 5 nitrogen and oxygen atoms in total. The molecule has 1 fully saturated rings. The molecule has 1 aliphatic heterocycles. The number of carbonyl (C=O) groups excluding carboxylic acids is 1. The van der Waals surface area contributed by atoms with Gasteiger partial charge >= 0.3 is 5.97 Å². The molecule has 0 aromatic carbocycles. The summed E-state index contributed by atoms with van der Waals surface area (Å²) >= 11 is 0. The van der Waals surface area contributed by atoms with Crippen LogP contribution in [0.1, 0.15) is 24.9 Å². The number of hydrogen-bond acceptors (Lipinski definition) is 5. The number of β-amino-alcohol motifs (C(OH)–C–C–N with tert-alkyl or cyclic N) is 1. The van der Waals surface area contributed by atoms with Gasteiger partial charge < -0.3 is 9.84 Å². The lowest BCUT2D eigenvalue weighted by Crippen LogP contribution is -2.46. The zero-order valence-corrected chi connectivity index (χ0v) is 11.3. The van der Waals surface area contributed by atoms with Crippen molar-refractivity contribution < 1.29 is 14.6 Å². The highest BCUT2D eigenvalue weighted by molar-refractivity contribution is 5.77. The van der Waals surface area contributed by atoms with Crippen LogP contribution >= 0.6 is 0 Å². The molecule has 1 aromatic rings. The van der Waals surface area contributed by atoms with E-state index < -0.39 is 12.1 Å². The van der Waals surface area contributed by atoms with Gasteiger partial charge in [0.25, 0.3) is 0 Å². The summed E-state index contributed by atoms with van der Waals surface area (Å²) in [5, 5.41) is 9.99. The molecule has 5 heteroatoms. The van der Waals surface area contributed by atoms with Crippen LogP contribution in [0.5, 0.6) is 0 Å². The van der Waals surface area contributed by atoms with Gasteiger partial charge in [-0.1, -0.05) is 13.0 Å². The number of methoxy groups -OCH3 is 1. The van der Waals surface area contributed by atoms with Gasteiger partial charge in [0.15, 0.2) is 0 Å². The summed E-state index contributed by atoms with van der Waals surface area (Å²) in [7, 11) is 1.38. The fraction of sp³-hybridized carbons (Fsp3) is 0.571. The first-order chi connectivity index (χ1) is 9.13. The van der Waals surface area contributed by atoms with Crippen LogP contribution in [0.15, 0.2) is 24.5 Å². The van der Waals surface area contributed by atoms with Crippen molar-refractivity contribution in [2.75, 3.05) is 20.2 Å². The lowest BCUT2D eigenvalue weighted by molar-refractivity contribution is -0.149. The number of piperidine rings is 1. The number of aromatic nitrogens is 1. The maximum atomic E-state index is 12.0. The van der Waals surface area contributed by atoms with Crippen LogP contribution in [-0.2, 0) is 9.53 Å². The van der Waals surface area contributed by atoms with E-state index in [1.807, 2.05) is 17.9 Å². The minimum absolute atomic E-state index is 0.267. The van der Waals surface area contributed by atoms with Crippen molar-refractivity contribution in [1.82, 2.24) is 9.88 Å². The first-order valence-electron chi connectivity index (χ1n) is 6.53. The number of likely N-dealkylation sites (tertiary alicyclic amines) is 1. The Morgan fingerprint density at radius 1 is 1.63 bits per heavy atom. The molecule has 2 rings (SSSR count). The second-order valence-corrected chi connectivity index (χ2v) is 5.04. The molecule has 1 aliphatic rings. The zero-order chi connectivity index (χ0) is 13.8. The van der Waals surface area contributed by atoms with Gasteiger partial charge in [-0.05, 0) is 30.5 Å². The molecule has 0 radical (unpaired) electrons. The summed E-state index contributed by atoms with van der Waals surface area (Å²) in [5.41, 5.74) is 0.802. The smallest absolute Gasteiger partial charge is 0.327 e. The number of carbonyl (C=O) groups is 1. The molecule has 1 aromatic heterocycles. The van der Waals surface area contributed by atoms with Gasteiger partial charge in [0, 0.05) is 18.9 Å². The third-order valence-corrected chi connectivity index (χ3v) is 3.74. The molecule has 2 heterocycles. The average Bonchev–Trinajstić information content (AvgIpc) is 2.44. The largest absolute Gasteiger partial charge is 0.468 e. The van der Waals surface area contributed by atoms with Crippen molar-refractivity contribution in [3.63, 3.8) is 0 Å². The Morgan fingerprint density at radius 2 is 2.42 bits per heavy atom. The van der Waals surface area contributed by atoms with E-state index in [0.717, 1.165) is 18.5 Å². The summed E-state index contributed by atoms with van der Waals surface area (Å²) in [5.74, 6) is -0.0433. The topological polar surface area (TPSA) is 62.7 Å². The Kier molecular flexibility index (Phi) is 4.50. The number of ether oxygens (including phenoxy) is 1. The first kappa shape index (κ1) is 14.0. The van der Waals surface area contributed by atoms with Crippen molar-refractivity contribution in [2.24, 2.45) is 5.92 Å². The Hall–Kier alpha value is -1.46. The van der Waals surface area contributed by atoms with Crippen LogP contribution in [0.4, 0.5) is 0 Å². The molecule has 1 N–H and O–H groups in total. The third kappa shape index (κ3) is 3.11. The van der Waals surface area contributed by atoms with Crippen LogP contribution in [0, 0.1) is 5.92 Å². The maximum absolute atomic E-state index is 12.0. The Balaban J connectivity index is 2.22. The molecule has 0 bridgehead atoms. The van der Waals surface area contributed by atoms with Crippen molar-refractivity contribution in [3.05, 3.63) is 30.1 Å². The zero-order valence-electron chi connectivity index (χ0n) is 11.3. The molecule has 0 saturated carbocycles. The maximum Gasteiger partial charge on any atom is 0.327 e. The average molecular weight is 264 g/mol. The number of rotatable bonds is 3. The summed E-state index contributed by atoms with van der Waals surface area (Å²) < 4.78 is 4.89. The molecule has 104 valence electrons. The SMILES string of the molecule is COC(=O)C(c1cccnc1)N1CCC(C)C(O)C1. The van der Waals surface area contributed by atoms with E-state index in [1.165, 1.54) is 7.11 Å². The summed E-state index contributed by atoms with van der Waals surface area (Å²) in [6, 6.07) is 3.17. The standard InChI is InChI=1S/C14H20N2O3/c1-10-5-7-16(9-12(10)17)13(14(18)19-2)11-4-3-6-15-8-11/h3-4,6,8,10,12-13,17H,5,7,9H2,1-2H3. The summed E-state index contributed by atoms with van der Waals surface area (Å²) in [4.78, 5) is 18.0. The molecule has 3 atom stereocenters. The number of hydrogen-bond donors (Lipinski definition) is 1. The van der Waals surface area contributed by atoms with Crippen LogP contribution in [0.3, 0.4) is 0 Å². The van der Waals surface area contributed by atoms with Crippen LogP contribution < -0.4 is 0 Å². The van der Waals surface area contributed by atoms with E-state index in [9.17, 15) is 9.90 Å². The minimum Gasteiger partial charge on any atom is -0.468 e. The Labute approximate surface area is 113 Å². The molecular formula is C14H20N2O3. The van der Waals surface area contributed by atoms with Crippen LogP contribution in [-0.4, -0.2) is 47.3 Å². The number of pyridine rings is 1. The number of nitrogens with zero attached hydrogens (tertiary/aromatic N) is 2. The van der Waals surface area contributed by atoms with E-state index in [1.54, 1.807) is 18.5 Å². The molecular weight excluding hydrogens is 244 g/mol. The van der Waals surface area contributed by atoms with E-state index in [-0.39, 0.29) is 11.9 Å². The second-order valence-electron chi connectivity index (χ2n) is 5.04. The Morgan fingerprint density at radius 3 is 3.00 bits per heavy atom. The van der Waals surface area contributed by atoms with Gasteiger partial charge in [-0.3, -0.25) is 9.88 Å². The van der Waals surface area contributed by atoms with Crippen molar-refractivity contribution >= 4 is 5.97 Å². The van der Waals surface area contributed by atoms with Gasteiger partial charge in [-0.25, -0.2) is 4.79 Å². The fourth-order valence-corrected chi connectivity index (χ4v) is 2.45. The number of aliphatic hydroxyl groups is 1. The Bertz CT molecular complexity index is 424.